The minimum atomic E-state index is -0.149. The van der Waals surface area contributed by atoms with Crippen molar-refractivity contribution in [2.75, 3.05) is 14.2 Å². The summed E-state index contributed by atoms with van der Waals surface area (Å²) in [6, 6.07) is 1.13. The van der Waals surface area contributed by atoms with E-state index in [1.54, 1.807) is 7.11 Å². The molecule has 0 rings (SSSR count). The molecule has 0 aromatic heterocycles. The lowest BCUT2D eigenvalue weighted by Gasteiger charge is -2.44. The molecule has 0 heterocycles. The molecule has 3 unspecified atom stereocenters. The zero-order valence-corrected chi connectivity index (χ0v) is 15.2. The van der Waals surface area contributed by atoms with Crippen LogP contribution >= 0.6 is 0 Å². The van der Waals surface area contributed by atoms with Crippen LogP contribution in [0.5, 0.6) is 0 Å². The number of rotatable bonds is 10. The molecule has 4 nitrogen and oxygen atoms in total. The molecule has 0 aliphatic rings. The Labute approximate surface area is 131 Å². The van der Waals surface area contributed by atoms with Gasteiger partial charge in [0.15, 0.2) is 0 Å². The standard InChI is InChI=1S/C17H35NO3/c1-9-15(12(2)3)18(13(4)5)16(14(6)20-7)10-11-17(19)21-8/h12-16H,9-11H2,1-8H3. The first-order chi connectivity index (χ1) is 9.79. The zero-order valence-electron chi connectivity index (χ0n) is 15.2. The van der Waals surface area contributed by atoms with E-state index in [0.717, 1.165) is 12.8 Å². The number of hydrogen-bond donors (Lipinski definition) is 0. The van der Waals surface area contributed by atoms with Gasteiger partial charge in [0.05, 0.1) is 13.2 Å². The van der Waals surface area contributed by atoms with Gasteiger partial charge < -0.3 is 9.47 Å². The van der Waals surface area contributed by atoms with Gasteiger partial charge in [-0.25, -0.2) is 0 Å². The number of nitrogens with zero attached hydrogens (tertiary/aromatic N) is 1. The lowest BCUT2D eigenvalue weighted by atomic mass is 9.93. The molecule has 0 N–H and O–H groups in total. The first kappa shape index (κ1) is 20.4. The van der Waals surface area contributed by atoms with Gasteiger partial charge in [0.25, 0.3) is 0 Å². The summed E-state index contributed by atoms with van der Waals surface area (Å²) < 4.78 is 10.4. The summed E-state index contributed by atoms with van der Waals surface area (Å²) >= 11 is 0. The Kier molecular flexibility index (Phi) is 9.88. The molecule has 4 heteroatoms. The van der Waals surface area contributed by atoms with E-state index in [1.807, 2.05) is 0 Å². The molecule has 21 heavy (non-hydrogen) atoms. The first-order valence-electron chi connectivity index (χ1n) is 8.17. The van der Waals surface area contributed by atoms with E-state index >= 15 is 0 Å². The fourth-order valence-corrected chi connectivity index (χ4v) is 3.19. The molecule has 0 aliphatic heterocycles. The third kappa shape index (κ3) is 6.35. The summed E-state index contributed by atoms with van der Waals surface area (Å²) in [7, 11) is 3.19. The molecule has 0 fully saturated rings. The summed E-state index contributed by atoms with van der Waals surface area (Å²) in [6.07, 6.45) is 2.39. The number of hydrogen-bond acceptors (Lipinski definition) is 4. The van der Waals surface area contributed by atoms with Gasteiger partial charge in [0.1, 0.15) is 0 Å². The van der Waals surface area contributed by atoms with Gasteiger partial charge in [-0.3, -0.25) is 9.69 Å². The number of carbonyl (C=O) groups excluding carboxylic acids is 1. The maximum atomic E-state index is 11.5. The molecule has 0 amide bonds. The van der Waals surface area contributed by atoms with E-state index in [4.69, 9.17) is 9.47 Å². The molecular weight excluding hydrogens is 266 g/mol. The lowest BCUT2D eigenvalue weighted by molar-refractivity contribution is -0.141. The SMILES string of the molecule is CCC(C(C)C)N(C(C)C)C(CCC(=O)OC)C(C)OC. The fraction of sp³-hybridized carbons (Fsp3) is 0.941. The van der Waals surface area contributed by atoms with E-state index in [1.165, 1.54) is 7.11 Å². The topological polar surface area (TPSA) is 38.8 Å². The summed E-state index contributed by atoms with van der Waals surface area (Å²) in [5, 5.41) is 0. The normalized spacial score (nSPS) is 16.3. The van der Waals surface area contributed by atoms with Crippen LogP contribution in [0.1, 0.15) is 60.8 Å². The molecule has 0 aromatic rings. The summed E-state index contributed by atoms with van der Waals surface area (Å²) in [5.74, 6) is 0.423. The van der Waals surface area contributed by atoms with E-state index in [-0.39, 0.29) is 18.1 Å². The van der Waals surface area contributed by atoms with Crippen LogP contribution < -0.4 is 0 Å². The van der Waals surface area contributed by atoms with Gasteiger partial charge >= 0.3 is 5.97 Å². The summed E-state index contributed by atoms with van der Waals surface area (Å²) in [6.45, 7) is 13.3. The summed E-state index contributed by atoms with van der Waals surface area (Å²) in [4.78, 5) is 14.0. The van der Waals surface area contributed by atoms with Gasteiger partial charge in [-0.15, -0.1) is 0 Å². The monoisotopic (exact) mass is 301 g/mol. The fourth-order valence-electron chi connectivity index (χ4n) is 3.19. The molecule has 0 aliphatic carbocycles. The number of esters is 1. The summed E-state index contributed by atoms with van der Waals surface area (Å²) in [5.41, 5.74) is 0. The van der Waals surface area contributed by atoms with E-state index < -0.39 is 0 Å². The minimum Gasteiger partial charge on any atom is -0.469 e. The molecule has 0 bridgehead atoms. The van der Waals surface area contributed by atoms with Crippen molar-refractivity contribution >= 4 is 5.97 Å². The van der Waals surface area contributed by atoms with Crippen molar-refractivity contribution in [3.63, 3.8) is 0 Å². The first-order valence-corrected chi connectivity index (χ1v) is 8.17. The lowest BCUT2D eigenvalue weighted by Crippen LogP contribution is -2.53. The van der Waals surface area contributed by atoms with Crippen LogP contribution in [0.2, 0.25) is 0 Å². The van der Waals surface area contributed by atoms with Gasteiger partial charge in [-0.1, -0.05) is 20.8 Å². The number of methoxy groups -OCH3 is 2. The molecule has 0 radical (unpaired) electrons. The molecule has 3 atom stereocenters. The largest absolute Gasteiger partial charge is 0.469 e. The van der Waals surface area contributed by atoms with Crippen LogP contribution in [-0.2, 0) is 14.3 Å². The molecule has 0 aromatic carbocycles. The molecule has 0 saturated carbocycles. The van der Waals surface area contributed by atoms with Crippen LogP contribution in [0.3, 0.4) is 0 Å². The smallest absolute Gasteiger partial charge is 0.305 e. The Balaban J connectivity index is 5.23. The van der Waals surface area contributed by atoms with Crippen LogP contribution in [0.25, 0.3) is 0 Å². The highest BCUT2D eigenvalue weighted by Crippen LogP contribution is 2.25. The van der Waals surface area contributed by atoms with Crippen LogP contribution in [0, 0.1) is 5.92 Å². The number of ether oxygens (including phenoxy) is 2. The second kappa shape index (κ2) is 10.2. The van der Waals surface area contributed by atoms with E-state index in [0.29, 0.717) is 24.4 Å². The molecule has 126 valence electrons. The Morgan fingerprint density at radius 2 is 1.62 bits per heavy atom. The van der Waals surface area contributed by atoms with Crippen molar-refractivity contribution in [2.45, 2.75) is 85.0 Å². The van der Waals surface area contributed by atoms with Gasteiger partial charge in [0.2, 0.25) is 0 Å². The highest BCUT2D eigenvalue weighted by Gasteiger charge is 2.33. The Hall–Kier alpha value is -0.610. The van der Waals surface area contributed by atoms with Crippen molar-refractivity contribution in [3.05, 3.63) is 0 Å². The van der Waals surface area contributed by atoms with Crippen molar-refractivity contribution in [3.8, 4) is 0 Å². The van der Waals surface area contributed by atoms with Gasteiger partial charge in [-0.05, 0) is 39.5 Å². The maximum Gasteiger partial charge on any atom is 0.305 e. The molecule has 0 spiro atoms. The molecule has 0 saturated heterocycles. The minimum absolute atomic E-state index is 0.0878. The zero-order chi connectivity index (χ0) is 16.6. The van der Waals surface area contributed by atoms with Crippen molar-refractivity contribution < 1.29 is 14.3 Å². The Morgan fingerprint density at radius 3 is 1.95 bits per heavy atom. The third-order valence-electron chi connectivity index (χ3n) is 4.34. The quantitative estimate of drug-likeness (QED) is 0.579. The van der Waals surface area contributed by atoms with Crippen LogP contribution in [0.15, 0.2) is 0 Å². The van der Waals surface area contributed by atoms with Crippen molar-refractivity contribution in [1.29, 1.82) is 0 Å². The molecular formula is C17H35NO3. The van der Waals surface area contributed by atoms with Crippen LogP contribution in [0.4, 0.5) is 0 Å². The Morgan fingerprint density at radius 1 is 1.05 bits per heavy atom. The maximum absolute atomic E-state index is 11.5. The second-order valence-electron chi connectivity index (χ2n) is 6.38. The third-order valence-corrected chi connectivity index (χ3v) is 4.34. The van der Waals surface area contributed by atoms with Crippen molar-refractivity contribution in [1.82, 2.24) is 4.90 Å². The predicted molar refractivity (Wildman–Crippen MR) is 87.4 cm³/mol. The average Bonchev–Trinajstić information content (AvgIpc) is 2.44. The second-order valence-corrected chi connectivity index (χ2v) is 6.38. The Bertz CT molecular complexity index is 292. The highest BCUT2D eigenvalue weighted by atomic mass is 16.5. The highest BCUT2D eigenvalue weighted by molar-refractivity contribution is 5.69. The number of carbonyl (C=O) groups is 1. The van der Waals surface area contributed by atoms with Gasteiger partial charge in [-0.2, -0.15) is 0 Å². The van der Waals surface area contributed by atoms with Gasteiger partial charge in [0, 0.05) is 31.7 Å². The predicted octanol–water partition coefficient (Wildman–Crippen LogP) is 3.49. The average molecular weight is 301 g/mol. The van der Waals surface area contributed by atoms with E-state index in [9.17, 15) is 4.79 Å². The van der Waals surface area contributed by atoms with Crippen molar-refractivity contribution in [2.24, 2.45) is 5.92 Å². The van der Waals surface area contributed by atoms with E-state index in [2.05, 4.69) is 46.4 Å². The van der Waals surface area contributed by atoms with Crippen LogP contribution in [-0.4, -0.2) is 49.3 Å².